The molecule has 1 atom stereocenters. The fourth-order valence-corrected chi connectivity index (χ4v) is 3.41. The highest BCUT2D eigenvalue weighted by molar-refractivity contribution is 6.05. The number of carbonyl (C=O) groups excluding carboxylic acids is 1. The number of nitrogens with zero attached hydrogens (tertiary/aromatic N) is 1. The number of methoxy groups -OCH3 is 1. The van der Waals surface area contributed by atoms with Gasteiger partial charge >= 0.3 is 0 Å². The maximum atomic E-state index is 13.1. The first-order valence-electron chi connectivity index (χ1n) is 9.16. The number of benzene rings is 2. The van der Waals surface area contributed by atoms with E-state index in [4.69, 9.17) is 4.74 Å². The summed E-state index contributed by atoms with van der Waals surface area (Å²) in [5.41, 5.74) is 2.74. The molecule has 1 amide bonds. The summed E-state index contributed by atoms with van der Waals surface area (Å²) in [7, 11) is 1.54. The normalized spacial score (nSPS) is 16.7. The molecule has 2 aromatic carbocycles. The zero-order valence-corrected chi connectivity index (χ0v) is 15.5. The number of hydrogen-bond donors (Lipinski definition) is 3. The van der Waals surface area contributed by atoms with Crippen LogP contribution in [-0.4, -0.2) is 42.3 Å². The number of ether oxygens (including phenoxy) is 1. The molecule has 3 aromatic rings. The number of carbonyl (C=O) groups is 1. The Bertz CT molecular complexity index is 1020. The van der Waals surface area contributed by atoms with Gasteiger partial charge in [-0.3, -0.25) is 9.89 Å². The third kappa shape index (κ3) is 3.61. The molecule has 0 spiro atoms. The van der Waals surface area contributed by atoms with Crippen LogP contribution in [0.2, 0.25) is 0 Å². The van der Waals surface area contributed by atoms with E-state index in [2.05, 4.69) is 20.8 Å². The molecular weight excluding hydrogens is 359 g/mol. The fourth-order valence-electron chi connectivity index (χ4n) is 3.41. The first-order valence-corrected chi connectivity index (χ1v) is 9.16. The molecule has 144 valence electrons. The number of amides is 1. The van der Waals surface area contributed by atoms with Crippen molar-refractivity contribution in [1.82, 2.24) is 20.8 Å². The molecule has 1 fully saturated rings. The molecule has 0 bridgehead atoms. The van der Waals surface area contributed by atoms with E-state index in [-0.39, 0.29) is 17.8 Å². The summed E-state index contributed by atoms with van der Waals surface area (Å²) >= 11 is 0. The van der Waals surface area contributed by atoms with Crippen LogP contribution in [0.15, 0.2) is 36.4 Å². The lowest BCUT2D eigenvalue weighted by molar-refractivity contribution is 0.0937. The Kier molecular flexibility index (Phi) is 5.08. The smallest absolute Gasteiger partial charge is 0.255 e. The van der Waals surface area contributed by atoms with Crippen LogP contribution < -0.4 is 15.4 Å². The predicted molar refractivity (Wildman–Crippen MR) is 107 cm³/mol. The third-order valence-corrected chi connectivity index (χ3v) is 4.86. The number of aromatic nitrogens is 2. The van der Waals surface area contributed by atoms with E-state index >= 15 is 0 Å². The summed E-state index contributed by atoms with van der Waals surface area (Å²) in [6.45, 7) is 1.68. The van der Waals surface area contributed by atoms with Crippen LogP contribution in [-0.2, 0) is 0 Å². The van der Waals surface area contributed by atoms with Gasteiger partial charge in [0.15, 0.2) is 0 Å². The van der Waals surface area contributed by atoms with Crippen LogP contribution in [0.3, 0.4) is 0 Å². The summed E-state index contributed by atoms with van der Waals surface area (Å²) in [4.78, 5) is 12.8. The largest absolute Gasteiger partial charge is 0.495 e. The van der Waals surface area contributed by atoms with Gasteiger partial charge in [-0.1, -0.05) is 18.2 Å². The Hall–Kier alpha value is -3.19. The number of nitrogens with one attached hydrogen (secondary N) is 3. The Morgan fingerprint density at radius 3 is 2.79 bits per heavy atom. The van der Waals surface area contributed by atoms with Crippen LogP contribution in [0, 0.1) is 5.82 Å². The van der Waals surface area contributed by atoms with Crippen molar-refractivity contribution in [2.75, 3.05) is 20.2 Å². The van der Waals surface area contributed by atoms with Crippen molar-refractivity contribution in [3.05, 3.63) is 59.0 Å². The van der Waals surface area contributed by atoms with Crippen molar-refractivity contribution in [1.29, 1.82) is 0 Å². The van der Waals surface area contributed by atoms with E-state index in [0.717, 1.165) is 36.0 Å². The standard InChI is InChI=1S/C21H21FN4O2/c1-28-20-16(21(27)24-15-10-11-23-12-15)7-9-18-19(20)17(25-26-18)8-4-13-2-5-14(22)6-3-13/h2-9,15,23H,10-12H2,1H3,(H,24,27)(H,25,26)/b8-4+/t15-/m1/s1. The van der Waals surface area contributed by atoms with Gasteiger partial charge in [-0.15, -0.1) is 0 Å². The fraction of sp³-hybridized carbons (Fsp3) is 0.238. The second-order valence-corrected chi connectivity index (χ2v) is 6.73. The quantitative estimate of drug-likeness (QED) is 0.636. The van der Waals surface area contributed by atoms with Crippen molar-refractivity contribution in [2.45, 2.75) is 12.5 Å². The van der Waals surface area contributed by atoms with Crippen molar-refractivity contribution in [3.63, 3.8) is 0 Å². The Balaban J connectivity index is 1.68. The average molecular weight is 380 g/mol. The molecule has 0 aliphatic carbocycles. The van der Waals surface area contributed by atoms with Crippen LogP contribution in [0.1, 0.15) is 28.0 Å². The molecule has 1 aliphatic rings. The number of H-pyrrole nitrogens is 1. The van der Waals surface area contributed by atoms with E-state index in [0.29, 0.717) is 17.0 Å². The molecule has 28 heavy (non-hydrogen) atoms. The Morgan fingerprint density at radius 2 is 2.07 bits per heavy atom. The first kappa shape index (κ1) is 18.2. The Morgan fingerprint density at radius 1 is 1.25 bits per heavy atom. The molecule has 7 heteroatoms. The highest BCUT2D eigenvalue weighted by atomic mass is 19.1. The maximum Gasteiger partial charge on any atom is 0.255 e. The third-order valence-electron chi connectivity index (χ3n) is 4.86. The van der Waals surface area contributed by atoms with E-state index in [9.17, 15) is 9.18 Å². The van der Waals surface area contributed by atoms with E-state index in [1.54, 1.807) is 25.3 Å². The number of aromatic amines is 1. The summed E-state index contributed by atoms with van der Waals surface area (Å²) in [6, 6.07) is 9.87. The SMILES string of the molecule is COc1c(C(=O)N[C@@H]2CCNC2)ccc2[nH]nc(/C=C/c3ccc(F)cc3)c12. The van der Waals surface area contributed by atoms with Crippen molar-refractivity contribution in [3.8, 4) is 5.75 Å². The van der Waals surface area contributed by atoms with Gasteiger partial charge < -0.3 is 15.4 Å². The summed E-state index contributed by atoms with van der Waals surface area (Å²) in [5, 5.41) is 14.3. The van der Waals surface area contributed by atoms with Crippen molar-refractivity contribution in [2.24, 2.45) is 0 Å². The minimum atomic E-state index is -0.280. The minimum absolute atomic E-state index is 0.120. The zero-order chi connectivity index (χ0) is 19.5. The number of fused-ring (bicyclic) bond motifs is 1. The Labute approximate surface area is 161 Å². The topological polar surface area (TPSA) is 79.0 Å². The molecule has 6 nitrogen and oxygen atoms in total. The highest BCUT2D eigenvalue weighted by Crippen LogP contribution is 2.32. The van der Waals surface area contributed by atoms with Crippen molar-refractivity contribution < 1.29 is 13.9 Å². The molecular formula is C21H21FN4O2. The molecule has 0 radical (unpaired) electrons. The minimum Gasteiger partial charge on any atom is -0.495 e. The maximum absolute atomic E-state index is 13.1. The van der Waals surface area contributed by atoms with Gasteiger partial charge in [-0.25, -0.2) is 4.39 Å². The highest BCUT2D eigenvalue weighted by Gasteiger charge is 2.22. The van der Waals surface area contributed by atoms with Crippen LogP contribution >= 0.6 is 0 Å². The van der Waals surface area contributed by atoms with Gasteiger partial charge in [0.05, 0.1) is 29.3 Å². The average Bonchev–Trinajstić information content (AvgIpc) is 3.36. The molecule has 4 rings (SSSR count). The van der Waals surface area contributed by atoms with Gasteiger partial charge in [0.25, 0.3) is 5.91 Å². The van der Waals surface area contributed by atoms with E-state index in [1.807, 2.05) is 18.2 Å². The number of halogens is 1. The van der Waals surface area contributed by atoms with E-state index < -0.39 is 0 Å². The molecule has 1 saturated heterocycles. The van der Waals surface area contributed by atoms with Crippen molar-refractivity contribution >= 4 is 29.0 Å². The number of hydrogen-bond acceptors (Lipinski definition) is 4. The van der Waals surface area contributed by atoms with Gasteiger partial charge in [0.1, 0.15) is 11.6 Å². The molecule has 1 aliphatic heterocycles. The first-order chi connectivity index (χ1) is 13.7. The molecule has 1 aromatic heterocycles. The second-order valence-electron chi connectivity index (χ2n) is 6.73. The van der Waals surface area contributed by atoms with Crippen LogP contribution in [0.4, 0.5) is 4.39 Å². The van der Waals surface area contributed by atoms with Crippen LogP contribution in [0.25, 0.3) is 23.1 Å². The van der Waals surface area contributed by atoms with Crippen LogP contribution in [0.5, 0.6) is 5.75 Å². The van der Waals surface area contributed by atoms with Gasteiger partial charge in [-0.2, -0.15) is 5.10 Å². The summed E-state index contributed by atoms with van der Waals surface area (Å²) in [5.74, 6) is 0.0349. The monoisotopic (exact) mass is 380 g/mol. The zero-order valence-electron chi connectivity index (χ0n) is 15.5. The summed E-state index contributed by atoms with van der Waals surface area (Å²) in [6.07, 6.45) is 4.57. The lowest BCUT2D eigenvalue weighted by atomic mass is 10.1. The van der Waals surface area contributed by atoms with Gasteiger partial charge in [-0.05, 0) is 48.9 Å². The summed E-state index contributed by atoms with van der Waals surface area (Å²) < 4.78 is 18.7. The van der Waals surface area contributed by atoms with Gasteiger partial charge in [0, 0.05) is 12.6 Å². The lowest BCUT2D eigenvalue weighted by Gasteiger charge is -2.14. The lowest BCUT2D eigenvalue weighted by Crippen LogP contribution is -2.36. The molecule has 0 saturated carbocycles. The molecule has 2 heterocycles. The predicted octanol–water partition coefficient (Wildman–Crippen LogP) is 2.97. The number of rotatable bonds is 5. The second kappa shape index (κ2) is 7.82. The molecule has 3 N–H and O–H groups in total. The molecule has 0 unspecified atom stereocenters. The van der Waals surface area contributed by atoms with Gasteiger partial charge in [0.2, 0.25) is 0 Å². The van der Waals surface area contributed by atoms with E-state index in [1.165, 1.54) is 12.1 Å².